The minimum Gasteiger partial charge on any atom is -0.303 e. The molecule has 27 heavy (non-hydrogen) atoms. The normalized spacial score (nSPS) is 16.4. The average molecular weight is 387 g/mol. The van der Waals surface area contributed by atoms with Crippen LogP contribution < -0.4 is 4.31 Å². The van der Waals surface area contributed by atoms with Gasteiger partial charge in [-0.2, -0.15) is 0 Å². The summed E-state index contributed by atoms with van der Waals surface area (Å²) >= 11 is 0. The average Bonchev–Trinajstić information content (AvgIpc) is 2.68. The van der Waals surface area contributed by atoms with Crippen LogP contribution in [0.1, 0.15) is 38.2 Å². The first kappa shape index (κ1) is 19.9. The van der Waals surface area contributed by atoms with Gasteiger partial charge < -0.3 is 4.90 Å². The molecular formula is C22H30N2O2S. The third-order valence-corrected chi connectivity index (χ3v) is 7.17. The van der Waals surface area contributed by atoms with Crippen molar-refractivity contribution in [3.63, 3.8) is 0 Å². The molecule has 0 spiro atoms. The molecular weight excluding hydrogens is 356 g/mol. The van der Waals surface area contributed by atoms with E-state index in [1.807, 2.05) is 37.3 Å². The van der Waals surface area contributed by atoms with Gasteiger partial charge >= 0.3 is 0 Å². The van der Waals surface area contributed by atoms with E-state index in [1.54, 1.807) is 28.6 Å². The molecule has 1 aliphatic rings. The van der Waals surface area contributed by atoms with Crippen LogP contribution in [0.15, 0.2) is 59.5 Å². The van der Waals surface area contributed by atoms with Crippen molar-refractivity contribution in [2.45, 2.75) is 50.5 Å². The van der Waals surface area contributed by atoms with Crippen LogP contribution in [-0.2, 0) is 10.0 Å². The second-order valence-corrected chi connectivity index (χ2v) is 9.19. The van der Waals surface area contributed by atoms with E-state index in [4.69, 9.17) is 0 Å². The van der Waals surface area contributed by atoms with Crippen molar-refractivity contribution in [3.05, 3.63) is 60.2 Å². The maximum atomic E-state index is 13.5. The summed E-state index contributed by atoms with van der Waals surface area (Å²) in [5, 5.41) is 0. The van der Waals surface area contributed by atoms with Crippen LogP contribution >= 0.6 is 0 Å². The van der Waals surface area contributed by atoms with E-state index in [1.165, 1.54) is 12.8 Å². The van der Waals surface area contributed by atoms with Crippen LogP contribution in [-0.4, -0.2) is 39.0 Å². The number of benzene rings is 2. The summed E-state index contributed by atoms with van der Waals surface area (Å²) in [6.45, 7) is 7.23. The van der Waals surface area contributed by atoms with Crippen LogP contribution in [0, 0.1) is 6.92 Å². The highest BCUT2D eigenvalue weighted by atomic mass is 32.2. The highest BCUT2D eigenvalue weighted by molar-refractivity contribution is 7.92. The lowest BCUT2D eigenvalue weighted by molar-refractivity contribution is 0.211. The highest BCUT2D eigenvalue weighted by Crippen LogP contribution is 2.31. The molecule has 0 amide bonds. The number of likely N-dealkylation sites (tertiary alicyclic amines) is 1. The zero-order valence-corrected chi connectivity index (χ0v) is 17.2. The molecule has 146 valence electrons. The summed E-state index contributed by atoms with van der Waals surface area (Å²) in [5.74, 6) is 0. The molecule has 0 atom stereocenters. The fourth-order valence-electron chi connectivity index (χ4n) is 3.78. The lowest BCUT2D eigenvalue weighted by atomic mass is 10.0. The van der Waals surface area contributed by atoms with E-state index in [9.17, 15) is 8.42 Å². The monoisotopic (exact) mass is 386 g/mol. The molecule has 0 bridgehead atoms. The smallest absolute Gasteiger partial charge is 0.264 e. The van der Waals surface area contributed by atoms with Crippen LogP contribution in [0.2, 0.25) is 0 Å². The SMILES string of the molecule is CCCCN1CCC(N(c2cccc(C)c2)S(=O)(=O)c2ccccc2)CC1. The van der Waals surface area contributed by atoms with Crippen molar-refractivity contribution in [1.29, 1.82) is 0 Å². The van der Waals surface area contributed by atoms with Gasteiger partial charge in [0.05, 0.1) is 10.6 Å². The van der Waals surface area contributed by atoms with Crippen LogP contribution in [0.25, 0.3) is 0 Å². The van der Waals surface area contributed by atoms with Crippen molar-refractivity contribution in [2.24, 2.45) is 0 Å². The molecule has 1 saturated heterocycles. The number of rotatable bonds is 7. The molecule has 0 aliphatic carbocycles. The maximum Gasteiger partial charge on any atom is 0.264 e. The Balaban J connectivity index is 1.90. The number of sulfonamides is 1. The van der Waals surface area contributed by atoms with Gasteiger partial charge in [-0.15, -0.1) is 0 Å². The molecule has 2 aromatic carbocycles. The van der Waals surface area contributed by atoms with E-state index in [0.717, 1.165) is 43.7 Å². The Hall–Kier alpha value is -1.85. The molecule has 0 N–H and O–H groups in total. The molecule has 3 rings (SSSR count). The van der Waals surface area contributed by atoms with Crippen molar-refractivity contribution < 1.29 is 8.42 Å². The molecule has 0 saturated carbocycles. The molecule has 0 aromatic heterocycles. The Labute approximate surface area is 163 Å². The van der Waals surface area contributed by atoms with Gasteiger partial charge in [0.2, 0.25) is 0 Å². The predicted octanol–water partition coefficient (Wildman–Crippen LogP) is 4.45. The molecule has 4 nitrogen and oxygen atoms in total. The van der Waals surface area contributed by atoms with Gasteiger partial charge in [-0.05, 0) is 62.6 Å². The van der Waals surface area contributed by atoms with Gasteiger partial charge in [0.25, 0.3) is 10.0 Å². The van der Waals surface area contributed by atoms with E-state index in [2.05, 4.69) is 11.8 Å². The molecule has 1 fully saturated rings. The Morgan fingerprint density at radius 2 is 1.74 bits per heavy atom. The number of hydrogen-bond acceptors (Lipinski definition) is 3. The summed E-state index contributed by atoms with van der Waals surface area (Å²) in [6.07, 6.45) is 4.12. The van der Waals surface area contributed by atoms with Crippen LogP contribution in [0.4, 0.5) is 5.69 Å². The van der Waals surface area contributed by atoms with E-state index >= 15 is 0 Å². The predicted molar refractivity (Wildman–Crippen MR) is 112 cm³/mol. The van der Waals surface area contributed by atoms with Gasteiger partial charge in [-0.25, -0.2) is 8.42 Å². The van der Waals surface area contributed by atoms with Crippen LogP contribution in [0.5, 0.6) is 0 Å². The van der Waals surface area contributed by atoms with Gasteiger partial charge in [0, 0.05) is 19.1 Å². The Bertz CT molecular complexity index is 828. The first-order valence-electron chi connectivity index (χ1n) is 9.91. The number of piperidine rings is 1. The summed E-state index contributed by atoms with van der Waals surface area (Å²) in [7, 11) is -3.59. The van der Waals surface area contributed by atoms with E-state index < -0.39 is 10.0 Å². The lowest BCUT2D eigenvalue weighted by Gasteiger charge is -2.39. The minimum atomic E-state index is -3.59. The van der Waals surface area contributed by atoms with Crippen molar-refractivity contribution >= 4 is 15.7 Å². The zero-order chi connectivity index (χ0) is 19.3. The molecule has 0 radical (unpaired) electrons. The molecule has 1 heterocycles. The van der Waals surface area contributed by atoms with Gasteiger partial charge in [-0.1, -0.05) is 43.7 Å². The largest absolute Gasteiger partial charge is 0.303 e. The molecule has 1 aliphatic heterocycles. The minimum absolute atomic E-state index is 0.00474. The molecule has 5 heteroatoms. The number of hydrogen-bond donors (Lipinski definition) is 0. The lowest BCUT2D eigenvalue weighted by Crippen LogP contribution is -2.47. The number of unbranched alkanes of at least 4 members (excludes halogenated alkanes) is 1. The summed E-state index contributed by atoms with van der Waals surface area (Å²) in [4.78, 5) is 2.82. The third kappa shape index (κ3) is 4.71. The summed E-state index contributed by atoms with van der Waals surface area (Å²) < 4.78 is 28.7. The third-order valence-electron chi connectivity index (χ3n) is 5.27. The zero-order valence-electron chi connectivity index (χ0n) is 16.3. The number of nitrogens with zero attached hydrogens (tertiary/aromatic N) is 2. The van der Waals surface area contributed by atoms with E-state index in [-0.39, 0.29) is 6.04 Å². The van der Waals surface area contributed by atoms with Crippen LogP contribution in [0.3, 0.4) is 0 Å². The molecule has 0 unspecified atom stereocenters. The first-order valence-corrected chi connectivity index (χ1v) is 11.3. The second kappa shape index (κ2) is 8.89. The van der Waals surface area contributed by atoms with Crippen molar-refractivity contribution in [2.75, 3.05) is 23.9 Å². The van der Waals surface area contributed by atoms with E-state index in [0.29, 0.717) is 4.90 Å². The first-order chi connectivity index (χ1) is 13.0. The maximum absolute atomic E-state index is 13.5. The number of anilines is 1. The quantitative estimate of drug-likeness (QED) is 0.706. The van der Waals surface area contributed by atoms with Crippen molar-refractivity contribution in [3.8, 4) is 0 Å². The second-order valence-electron chi connectivity index (χ2n) is 7.38. The topological polar surface area (TPSA) is 40.6 Å². The van der Waals surface area contributed by atoms with Crippen molar-refractivity contribution in [1.82, 2.24) is 4.90 Å². The Morgan fingerprint density at radius 1 is 1.04 bits per heavy atom. The Morgan fingerprint density at radius 3 is 2.37 bits per heavy atom. The molecule has 2 aromatic rings. The van der Waals surface area contributed by atoms with Gasteiger partial charge in [0.15, 0.2) is 0 Å². The summed E-state index contributed by atoms with van der Waals surface area (Å²) in [5.41, 5.74) is 1.84. The fourth-order valence-corrected chi connectivity index (χ4v) is 5.50. The van der Waals surface area contributed by atoms with Gasteiger partial charge in [-0.3, -0.25) is 4.31 Å². The Kier molecular flexibility index (Phi) is 6.55. The highest BCUT2D eigenvalue weighted by Gasteiger charge is 2.34. The number of aryl methyl sites for hydroxylation is 1. The van der Waals surface area contributed by atoms with Gasteiger partial charge in [0.1, 0.15) is 0 Å². The fraction of sp³-hybridized carbons (Fsp3) is 0.455. The summed E-state index contributed by atoms with van der Waals surface area (Å²) in [6, 6.07) is 16.6. The standard InChI is InChI=1S/C22H30N2O2S/c1-3-4-15-23-16-13-20(14-17-23)24(21-10-8-9-19(2)18-21)27(25,26)22-11-6-5-7-12-22/h5-12,18,20H,3-4,13-17H2,1-2H3.